The van der Waals surface area contributed by atoms with Crippen LogP contribution >= 0.6 is 25.0 Å². The first-order chi connectivity index (χ1) is 9.40. The predicted molar refractivity (Wildman–Crippen MR) is 74.7 cm³/mol. The summed E-state index contributed by atoms with van der Waals surface area (Å²) >= 11 is 3.98. The maximum absolute atomic E-state index is 13.2. The highest BCUT2D eigenvalue weighted by Gasteiger charge is 2.26. The van der Waals surface area contributed by atoms with E-state index in [1.807, 2.05) is 0 Å². The zero-order chi connectivity index (χ0) is 15.3. The second-order valence-electron chi connectivity index (χ2n) is 4.19. The zero-order valence-corrected chi connectivity index (χ0v) is 12.6. The molecule has 0 saturated carbocycles. The van der Waals surface area contributed by atoms with Crippen molar-refractivity contribution in [1.29, 1.82) is 0 Å². The van der Waals surface area contributed by atoms with E-state index in [4.69, 9.17) is 5.73 Å². The third-order valence-electron chi connectivity index (χ3n) is 2.62. The number of hydrogen-bond donors (Lipinski definition) is 2. The Morgan fingerprint density at radius 3 is 1.86 bits per heavy atom. The van der Waals surface area contributed by atoms with Gasteiger partial charge in [0.15, 0.2) is 5.75 Å². The normalized spacial score (nSPS) is 12.0. The molecule has 21 heavy (non-hydrogen) atoms. The zero-order valence-electron chi connectivity index (χ0n) is 10.8. The lowest BCUT2D eigenvalue weighted by molar-refractivity contribution is 0.255. The van der Waals surface area contributed by atoms with Gasteiger partial charge in [0.25, 0.3) is 0 Å². The van der Waals surface area contributed by atoms with Crippen LogP contribution in [0.25, 0.3) is 0 Å². The van der Waals surface area contributed by atoms with Gasteiger partial charge in [0.2, 0.25) is 29.1 Å². The van der Waals surface area contributed by atoms with Crippen molar-refractivity contribution in [3.8, 4) is 5.75 Å². The number of benzene rings is 1. The maximum Gasteiger partial charge on any atom is 0.206 e. The maximum atomic E-state index is 13.2. The molecule has 0 aromatic heterocycles. The van der Waals surface area contributed by atoms with E-state index in [1.54, 1.807) is 0 Å². The van der Waals surface area contributed by atoms with Crippen LogP contribution < -0.4 is 10.5 Å². The second-order valence-corrected chi connectivity index (χ2v) is 4.55. The third-order valence-corrected chi connectivity index (χ3v) is 3.09. The molecule has 0 fully saturated rings. The Morgan fingerprint density at radius 2 is 1.38 bits per heavy atom. The van der Waals surface area contributed by atoms with Crippen molar-refractivity contribution >= 4 is 25.0 Å². The van der Waals surface area contributed by atoms with E-state index >= 15 is 0 Å². The Labute approximate surface area is 130 Å². The first-order valence-corrected chi connectivity index (χ1v) is 6.54. The number of unbranched alkanes of at least 4 members (excludes halogenated alkanes) is 1. The van der Waals surface area contributed by atoms with Crippen LogP contribution in [0, 0.1) is 29.1 Å². The van der Waals surface area contributed by atoms with Gasteiger partial charge in [0.05, 0.1) is 6.61 Å². The highest BCUT2D eigenvalue weighted by molar-refractivity contribution is 7.80. The topological polar surface area (TPSA) is 35.2 Å². The van der Waals surface area contributed by atoms with E-state index in [1.165, 1.54) is 0 Å². The van der Waals surface area contributed by atoms with Gasteiger partial charge in [-0.05, 0) is 19.3 Å². The minimum atomic E-state index is -2.20. The van der Waals surface area contributed by atoms with Crippen LogP contribution in [0.3, 0.4) is 0 Å². The lowest BCUT2D eigenvalue weighted by Gasteiger charge is -2.11. The predicted octanol–water partition coefficient (Wildman–Crippen LogP) is 3.61. The smallest absolute Gasteiger partial charge is 0.206 e. The highest BCUT2D eigenvalue weighted by Crippen LogP contribution is 2.29. The number of halogens is 6. The number of rotatable bonds is 7. The van der Waals surface area contributed by atoms with Gasteiger partial charge in [-0.15, -0.1) is 12.4 Å². The van der Waals surface area contributed by atoms with Crippen LogP contribution in [0.1, 0.15) is 19.3 Å². The van der Waals surface area contributed by atoms with Crippen molar-refractivity contribution in [2.75, 3.05) is 12.4 Å². The van der Waals surface area contributed by atoms with Crippen molar-refractivity contribution in [2.24, 2.45) is 5.73 Å². The molecule has 0 aliphatic rings. The van der Waals surface area contributed by atoms with Crippen LogP contribution in [0.5, 0.6) is 5.75 Å². The molecule has 0 amide bonds. The average molecular weight is 352 g/mol. The third kappa shape index (κ3) is 5.19. The first-order valence-electron chi connectivity index (χ1n) is 5.90. The Morgan fingerprint density at radius 1 is 0.905 bits per heavy atom. The highest BCUT2D eigenvalue weighted by atomic mass is 35.5. The summed E-state index contributed by atoms with van der Waals surface area (Å²) in [6, 6.07) is -0.104. The first kappa shape index (κ1) is 20.3. The van der Waals surface area contributed by atoms with Crippen LogP contribution in [-0.4, -0.2) is 18.4 Å². The fourth-order valence-corrected chi connectivity index (χ4v) is 1.67. The van der Waals surface area contributed by atoms with E-state index in [9.17, 15) is 22.0 Å². The molecule has 2 N–H and O–H groups in total. The molecule has 1 rings (SSSR count). The molecule has 0 aliphatic carbocycles. The van der Waals surface area contributed by atoms with E-state index in [2.05, 4.69) is 17.4 Å². The van der Waals surface area contributed by atoms with Crippen molar-refractivity contribution < 1.29 is 26.7 Å². The van der Waals surface area contributed by atoms with Gasteiger partial charge in [0, 0.05) is 11.8 Å². The van der Waals surface area contributed by atoms with E-state index in [0.717, 1.165) is 0 Å². The Bertz CT molecular complexity index is 448. The summed E-state index contributed by atoms with van der Waals surface area (Å²) in [5, 5.41) is 0. The molecule has 1 aromatic rings. The lowest BCUT2D eigenvalue weighted by atomic mass is 10.1. The Kier molecular flexibility index (Phi) is 9.00. The molecule has 0 unspecified atom stereocenters. The van der Waals surface area contributed by atoms with Crippen LogP contribution in [-0.2, 0) is 0 Å². The van der Waals surface area contributed by atoms with Gasteiger partial charge in [-0.1, -0.05) is 0 Å². The summed E-state index contributed by atoms with van der Waals surface area (Å²) < 4.78 is 69.6. The molecule has 0 aliphatic heterocycles. The molecule has 9 heteroatoms. The summed E-state index contributed by atoms with van der Waals surface area (Å²) in [6.07, 6.45) is 1.60. The molecule has 0 spiro atoms. The lowest BCUT2D eigenvalue weighted by Crippen LogP contribution is -2.21. The quantitative estimate of drug-likeness (QED) is 0.259. The monoisotopic (exact) mass is 351 g/mol. The van der Waals surface area contributed by atoms with Crippen molar-refractivity contribution in [3.05, 3.63) is 29.1 Å². The van der Waals surface area contributed by atoms with E-state index in [0.29, 0.717) is 25.0 Å². The van der Waals surface area contributed by atoms with Crippen molar-refractivity contribution in [1.82, 2.24) is 0 Å². The number of ether oxygens (including phenoxy) is 1. The molecule has 0 saturated heterocycles. The summed E-state index contributed by atoms with van der Waals surface area (Å²) in [7, 11) is 0. The fourth-order valence-electron chi connectivity index (χ4n) is 1.49. The largest absolute Gasteiger partial charge is 0.487 e. The molecule has 0 bridgehead atoms. The van der Waals surface area contributed by atoms with Gasteiger partial charge in [-0.2, -0.15) is 21.4 Å². The standard InChI is InChI=1S/C12H14F5NOS.ClH/c13-7-8(14)10(16)12(11(17)9(7)15)19-4-2-1-3-6(18)5-20;/h6,20H,1-5,18H2;1H/t6-;/m1./s1. The minimum absolute atomic E-state index is 0. The summed E-state index contributed by atoms with van der Waals surface area (Å²) in [6.45, 7) is -0.169. The molecule has 1 aromatic carbocycles. The van der Waals surface area contributed by atoms with Gasteiger partial charge >= 0.3 is 0 Å². The Hall–Kier alpha value is -0.730. The molecule has 122 valence electrons. The molecule has 0 heterocycles. The second kappa shape index (κ2) is 9.32. The SMILES string of the molecule is Cl.N[C@@H](CS)CCCCOc1c(F)c(F)c(F)c(F)c1F. The summed E-state index contributed by atoms with van der Waals surface area (Å²) in [4.78, 5) is 0. The summed E-state index contributed by atoms with van der Waals surface area (Å²) in [5.74, 6) is -10.9. The van der Waals surface area contributed by atoms with Gasteiger partial charge < -0.3 is 10.5 Å². The van der Waals surface area contributed by atoms with Gasteiger partial charge in [-0.3, -0.25) is 0 Å². The molecular weight excluding hydrogens is 337 g/mol. The average Bonchev–Trinajstić information content (AvgIpc) is 2.45. The van der Waals surface area contributed by atoms with E-state index in [-0.39, 0.29) is 25.1 Å². The van der Waals surface area contributed by atoms with Gasteiger partial charge in [0.1, 0.15) is 0 Å². The molecular formula is C12H15ClF5NOS. The van der Waals surface area contributed by atoms with Crippen LogP contribution in [0.2, 0.25) is 0 Å². The fraction of sp³-hybridized carbons (Fsp3) is 0.500. The minimum Gasteiger partial charge on any atom is -0.487 e. The van der Waals surface area contributed by atoms with Crippen LogP contribution in [0.15, 0.2) is 0 Å². The van der Waals surface area contributed by atoms with Crippen LogP contribution in [0.4, 0.5) is 22.0 Å². The van der Waals surface area contributed by atoms with Crippen molar-refractivity contribution in [2.45, 2.75) is 25.3 Å². The molecule has 0 radical (unpaired) electrons. The Balaban J connectivity index is 0.00000400. The van der Waals surface area contributed by atoms with Crippen molar-refractivity contribution in [3.63, 3.8) is 0 Å². The molecule has 2 nitrogen and oxygen atoms in total. The number of hydrogen-bond acceptors (Lipinski definition) is 3. The number of thiol groups is 1. The molecule has 1 atom stereocenters. The van der Waals surface area contributed by atoms with E-state index < -0.39 is 34.8 Å². The number of nitrogens with two attached hydrogens (primary N) is 1. The summed E-state index contributed by atoms with van der Waals surface area (Å²) in [5.41, 5.74) is 5.59. The van der Waals surface area contributed by atoms with Gasteiger partial charge in [-0.25, -0.2) is 13.2 Å².